The zero-order valence-electron chi connectivity index (χ0n) is 12.1. The summed E-state index contributed by atoms with van der Waals surface area (Å²) in [5.74, 6) is 1.12. The van der Waals surface area contributed by atoms with Crippen LogP contribution in [-0.2, 0) is 25.6 Å². The molecule has 2 aromatic heterocycles. The van der Waals surface area contributed by atoms with Crippen LogP contribution in [0.1, 0.15) is 32.3 Å². The van der Waals surface area contributed by atoms with Crippen molar-refractivity contribution in [2.75, 3.05) is 6.54 Å². The van der Waals surface area contributed by atoms with Crippen LogP contribution in [0.25, 0.3) is 11.3 Å². The van der Waals surface area contributed by atoms with Gasteiger partial charge in [-0.2, -0.15) is 5.10 Å². The first-order chi connectivity index (χ1) is 8.97. The molecule has 0 saturated carbocycles. The molecule has 0 unspecified atom stereocenters. The fraction of sp³-hybridized carbons (Fsp3) is 0.571. The van der Waals surface area contributed by atoms with E-state index in [0.29, 0.717) is 0 Å². The molecule has 0 aromatic carbocycles. The normalized spacial score (nSPS) is 15.6. The van der Waals surface area contributed by atoms with Crippen LogP contribution in [0.15, 0.2) is 12.4 Å². The van der Waals surface area contributed by atoms with Crippen molar-refractivity contribution >= 4 is 0 Å². The summed E-state index contributed by atoms with van der Waals surface area (Å²) in [6.45, 7) is 9.44. The molecule has 0 aliphatic carbocycles. The van der Waals surface area contributed by atoms with E-state index in [4.69, 9.17) is 0 Å². The van der Waals surface area contributed by atoms with E-state index in [1.165, 1.54) is 11.3 Å². The zero-order chi connectivity index (χ0) is 13.6. The number of hydrogen-bond donors (Lipinski definition) is 1. The highest BCUT2D eigenvalue weighted by Crippen LogP contribution is 2.32. The van der Waals surface area contributed by atoms with Crippen molar-refractivity contribution in [3.05, 3.63) is 23.9 Å². The second-order valence-electron chi connectivity index (χ2n) is 6.20. The van der Waals surface area contributed by atoms with Gasteiger partial charge in [0.25, 0.3) is 0 Å². The van der Waals surface area contributed by atoms with Crippen molar-refractivity contribution in [1.29, 1.82) is 0 Å². The lowest BCUT2D eigenvalue weighted by Gasteiger charge is -2.20. The Labute approximate surface area is 113 Å². The average molecular weight is 259 g/mol. The Morgan fingerprint density at radius 2 is 2.11 bits per heavy atom. The molecule has 1 aliphatic rings. The third-order valence-electron chi connectivity index (χ3n) is 3.55. The number of aromatic nitrogens is 4. The van der Waals surface area contributed by atoms with Crippen LogP contribution < -0.4 is 5.32 Å². The summed E-state index contributed by atoms with van der Waals surface area (Å²) in [7, 11) is 1.98. The molecule has 19 heavy (non-hydrogen) atoms. The van der Waals surface area contributed by atoms with Crippen LogP contribution in [0.2, 0.25) is 0 Å². The number of fused-ring (bicyclic) bond motifs is 1. The maximum absolute atomic E-state index is 4.65. The summed E-state index contributed by atoms with van der Waals surface area (Å²) in [5, 5.41) is 8.00. The Balaban J connectivity index is 2.15. The van der Waals surface area contributed by atoms with Gasteiger partial charge in [0.2, 0.25) is 0 Å². The van der Waals surface area contributed by atoms with Crippen molar-refractivity contribution in [3.63, 3.8) is 0 Å². The van der Waals surface area contributed by atoms with Crippen molar-refractivity contribution in [1.82, 2.24) is 24.6 Å². The molecule has 3 heterocycles. The third-order valence-corrected chi connectivity index (χ3v) is 3.55. The molecule has 0 spiro atoms. The van der Waals surface area contributed by atoms with Crippen LogP contribution in [0.4, 0.5) is 0 Å². The molecule has 2 aromatic rings. The molecule has 5 nitrogen and oxygen atoms in total. The van der Waals surface area contributed by atoms with E-state index in [0.717, 1.165) is 31.2 Å². The predicted octanol–water partition coefficient (Wildman–Crippen LogP) is 1.68. The van der Waals surface area contributed by atoms with E-state index in [-0.39, 0.29) is 5.41 Å². The van der Waals surface area contributed by atoms with Crippen molar-refractivity contribution < 1.29 is 0 Å². The predicted molar refractivity (Wildman–Crippen MR) is 74.8 cm³/mol. The Kier molecular flexibility index (Phi) is 2.74. The average Bonchev–Trinajstić information content (AvgIpc) is 2.91. The van der Waals surface area contributed by atoms with E-state index < -0.39 is 0 Å². The number of nitrogens with zero attached hydrogens (tertiary/aromatic N) is 4. The second kappa shape index (κ2) is 4.20. The van der Waals surface area contributed by atoms with Gasteiger partial charge in [0, 0.05) is 37.3 Å². The van der Waals surface area contributed by atoms with Gasteiger partial charge in [-0.25, -0.2) is 4.98 Å². The highest BCUT2D eigenvalue weighted by atomic mass is 15.3. The lowest BCUT2D eigenvalue weighted by Crippen LogP contribution is -2.28. The Bertz CT molecular complexity index is 600. The maximum atomic E-state index is 4.65. The number of hydrogen-bond acceptors (Lipinski definition) is 3. The molecule has 5 heteroatoms. The molecule has 3 rings (SSSR count). The summed E-state index contributed by atoms with van der Waals surface area (Å²) in [6, 6.07) is 0. The molecule has 102 valence electrons. The number of imidazole rings is 1. The van der Waals surface area contributed by atoms with Gasteiger partial charge in [-0.1, -0.05) is 20.8 Å². The van der Waals surface area contributed by atoms with Crippen molar-refractivity contribution in [3.8, 4) is 11.3 Å². The lowest BCUT2D eigenvalue weighted by molar-refractivity contribution is 0.507. The Morgan fingerprint density at radius 3 is 2.84 bits per heavy atom. The van der Waals surface area contributed by atoms with E-state index in [2.05, 4.69) is 46.9 Å². The van der Waals surface area contributed by atoms with Crippen LogP contribution in [0.5, 0.6) is 0 Å². The van der Waals surface area contributed by atoms with Crippen LogP contribution in [0.3, 0.4) is 0 Å². The van der Waals surface area contributed by atoms with Gasteiger partial charge in [-0.3, -0.25) is 4.68 Å². The first-order valence-electron chi connectivity index (χ1n) is 6.76. The molecular formula is C14H21N5. The largest absolute Gasteiger partial charge is 0.326 e. The smallest absolute Gasteiger partial charge is 0.123 e. The minimum absolute atomic E-state index is 0.0359. The van der Waals surface area contributed by atoms with E-state index in [9.17, 15) is 0 Å². The zero-order valence-corrected chi connectivity index (χ0v) is 12.1. The summed E-state index contributed by atoms with van der Waals surface area (Å²) in [6.07, 6.45) is 4.08. The van der Waals surface area contributed by atoms with E-state index in [1.807, 2.05) is 17.9 Å². The molecule has 0 fully saturated rings. The summed E-state index contributed by atoms with van der Waals surface area (Å²) in [5.41, 5.74) is 3.57. The summed E-state index contributed by atoms with van der Waals surface area (Å²) in [4.78, 5) is 4.53. The SMILES string of the molecule is Cn1cc(-c2cnc3n2CCNC3)c(C(C)(C)C)n1. The molecule has 0 amide bonds. The third kappa shape index (κ3) is 2.08. The van der Waals surface area contributed by atoms with Gasteiger partial charge < -0.3 is 9.88 Å². The van der Waals surface area contributed by atoms with Crippen LogP contribution in [0, 0.1) is 0 Å². The highest BCUT2D eigenvalue weighted by molar-refractivity contribution is 5.63. The maximum Gasteiger partial charge on any atom is 0.123 e. The van der Waals surface area contributed by atoms with Gasteiger partial charge >= 0.3 is 0 Å². The standard InChI is InChI=1S/C14H21N5/c1-14(2,3)13-10(9-18(4)17-13)11-7-16-12-8-15-5-6-19(11)12/h7,9,15H,5-6,8H2,1-4H3. The molecule has 0 radical (unpaired) electrons. The second-order valence-corrected chi connectivity index (χ2v) is 6.20. The van der Waals surface area contributed by atoms with Crippen LogP contribution in [-0.4, -0.2) is 25.9 Å². The van der Waals surface area contributed by atoms with Gasteiger partial charge in [-0.05, 0) is 0 Å². The molecule has 1 N–H and O–H groups in total. The van der Waals surface area contributed by atoms with Crippen molar-refractivity contribution in [2.24, 2.45) is 7.05 Å². The minimum atomic E-state index is 0.0359. The fourth-order valence-electron chi connectivity index (χ4n) is 2.64. The molecule has 1 aliphatic heterocycles. The van der Waals surface area contributed by atoms with Crippen molar-refractivity contribution in [2.45, 2.75) is 39.3 Å². The van der Waals surface area contributed by atoms with Crippen LogP contribution >= 0.6 is 0 Å². The van der Waals surface area contributed by atoms with Gasteiger partial charge in [0.1, 0.15) is 5.82 Å². The topological polar surface area (TPSA) is 47.7 Å². The first-order valence-corrected chi connectivity index (χ1v) is 6.76. The Hall–Kier alpha value is -1.62. The fourth-order valence-corrected chi connectivity index (χ4v) is 2.64. The van der Waals surface area contributed by atoms with E-state index >= 15 is 0 Å². The quantitative estimate of drug-likeness (QED) is 0.847. The van der Waals surface area contributed by atoms with E-state index in [1.54, 1.807) is 0 Å². The highest BCUT2D eigenvalue weighted by Gasteiger charge is 2.25. The minimum Gasteiger partial charge on any atom is -0.326 e. The summed E-state index contributed by atoms with van der Waals surface area (Å²) >= 11 is 0. The monoisotopic (exact) mass is 259 g/mol. The Morgan fingerprint density at radius 1 is 1.32 bits per heavy atom. The van der Waals surface area contributed by atoms with Gasteiger partial charge in [0.15, 0.2) is 0 Å². The van der Waals surface area contributed by atoms with Gasteiger partial charge in [-0.15, -0.1) is 0 Å². The number of nitrogens with one attached hydrogen (secondary N) is 1. The molecule has 0 atom stereocenters. The summed E-state index contributed by atoms with van der Waals surface area (Å²) < 4.78 is 4.21. The number of rotatable bonds is 1. The lowest BCUT2D eigenvalue weighted by atomic mass is 9.89. The molecule has 0 saturated heterocycles. The first kappa shape index (κ1) is 12.4. The number of aryl methyl sites for hydroxylation is 1. The molecule has 0 bridgehead atoms. The molecular weight excluding hydrogens is 238 g/mol. The van der Waals surface area contributed by atoms with Gasteiger partial charge in [0.05, 0.1) is 24.1 Å².